The number of halogens is 2. The average molecular weight is 481 g/mol. The molecule has 0 unspecified atom stereocenters. The number of hydrogen-bond acceptors (Lipinski definition) is 4. The molecule has 1 saturated heterocycles. The minimum Gasteiger partial charge on any atom is -0.336 e. The molecule has 0 aliphatic carbocycles. The molecule has 1 fully saturated rings. The van der Waals surface area contributed by atoms with Gasteiger partial charge in [0.1, 0.15) is 11.5 Å². The Morgan fingerprint density at radius 1 is 1.06 bits per heavy atom. The van der Waals surface area contributed by atoms with Crippen LogP contribution in [-0.2, 0) is 10.0 Å². The van der Waals surface area contributed by atoms with E-state index in [9.17, 15) is 17.6 Å². The van der Waals surface area contributed by atoms with Crippen molar-refractivity contribution in [1.29, 1.82) is 0 Å². The summed E-state index contributed by atoms with van der Waals surface area (Å²) in [5, 5.41) is 0.340. The Labute approximate surface area is 188 Å². The van der Waals surface area contributed by atoms with Crippen LogP contribution in [0.1, 0.15) is 10.5 Å². The minimum atomic E-state index is -3.70. The quantitative estimate of drug-likeness (QED) is 0.580. The predicted octanol–water partition coefficient (Wildman–Crippen LogP) is 3.47. The first-order valence-corrected chi connectivity index (χ1v) is 11.6. The summed E-state index contributed by atoms with van der Waals surface area (Å²) in [6.07, 6.45) is 1.50. The van der Waals surface area contributed by atoms with Crippen LogP contribution in [0.4, 0.5) is 4.39 Å². The second-order valence-corrected chi connectivity index (χ2v) is 9.71. The van der Waals surface area contributed by atoms with Gasteiger partial charge in [-0.3, -0.25) is 9.36 Å². The summed E-state index contributed by atoms with van der Waals surface area (Å²) >= 11 is 11.2. The summed E-state index contributed by atoms with van der Waals surface area (Å²) in [4.78, 5) is 17.7. The Kier molecular flexibility index (Phi) is 5.98. The Morgan fingerprint density at radius 3 is 2.39 bits per heavy atom. The number of rotatable bonds is 4. The highest BCUT2D eigenvalue weighted by Gasteiger charge is 2.31. The Hall–Kier alpha value is -2.53. The zero-order valence-electron chi connectivity index (χ0n) is 16.2. The van der Waals surface area contributed by atoms with Gasteiger partial charge < -0.3 is 9.88 Å². The molecule has 1 amide bonds. The fourth-order valence-electron chi connectivity index (χ4n) is 3.44. The standard InChI is InChI=1S/C20H18ClFN4O3S2/c21-14-2-1-3-17(12-14)31(28,29)25-10-8-24(9-11-25)19(27)18-13-23-20(30)26(18)16-6-4-15(22)5-7-16/h1-7,12-13H,8-11H2,(H,23,30). The molecule has 0 saturated carbocycles. The van der Waals surface area contributed by atoms with E-state index in [1.54, 1.807) is 17.0 Å². The van der Waals surface area contributed by atoms with E-state index in [4.69, 9.17) is 23.8 Å². The van der Waals surface area contributed by atoms with Gasteiger partial charge in [-0.05, 0) is 54.7 Å². The lowest BCUT2D eigenvalue weighted by atomic mass is 10.2. The van der Waals surface area contributed by atoms with Crippen LogP contribution in [0.5, 0.6) is 0 Å². The van der Waals surface area contributed by atoms with Crippen LogP contribution >= 0.6 is 23.8 Å². The van der Waals surface area contributed by atoms with E-state index in [0.29, 0.717) is 21.2 Å². The summed E-state index contributed by atoms with van der Waals surface area (Å²) in [5.41, 5.74) is 0.848. The maximum absolute atomic E-state index is 13.3. The monoisotopic (exact) mass is 480 g/mol. The van der Waals surface area contributed by atoms with Crippen molar-refractivity contribution in [2.45, 2.75) is 4.90 Å². The molecular weight excluding hydrogens is 463 g/mol. The van der Waals surface area contributed by atoms with Gasteiger partial charge in [-0.15, -0.1) is 0 Å². The molecule has 1 aliphatic heterocycles. The van der Waals surface area contributed by atoms with Crippen molar-refractivity contribution < 1.29 is 17.6 Å². The normalized spacial score (nSPS) is 15.2. The molecule has 2 aromatic carbocycles. The van der Waals surface area contributed by atoms with Crippen molar-refractivity contribution in [3.63, 3.8) is 0 Å². The number of nitrogens with one attached hydrogen (secondary N) is 1. The van der Waals surface area contributed by atoms with Crippen LogP contribution in [0, 0.1) is 10.6 Å². The van der Waals surface area contributed by atoms with Crippen LogP contribution in [0.2, 0.25) is 5.02 Å². The van der Waals surface area contributed by atoms with Crippen molar-refractivity contribution in [3.8, 4) is 5.69 Å². The maximum atomic E-state index is 13.3. The third-order valence-corrected chi connectivity index (χ3v) is 7.47. The van der Waals surface area contributed by atoms with Crippen molar-refractivity contribution in [2.75, 3.05) is 26.2 Å². The van der Waals surface area contributed by atoms with E-state index in [-0.39, 0.29) is 37.0 Å². The second kappa shape index (κ2) is 8.54. The molecule has 11 heteroatoms. The minimum absolute atomic E-state index is 0.121. The summed E-state index contributed by atoms with van der Waals surface area (Å²) < 4.78 is 42.2. The van der Waals surface area contributed by atoms with Crippen molar-refractivity contribution >= 4 is 39.7 Å². The number of nitrogens with zero attached hydrogens (tertiary/aromatic N) is 3. The van der Waals surface area contributed by atoms with E-state index >= 15 is 0 Å². The summed E-state index contributed by atoms with van der Waals surface area (Å²) in [6, 6.07) is 11.7. The first-order chi connectivity index (χ1) is 14.8. The highest BCUT2D eigenvalue weighted by Crippen LogP contribution is 2.22. The topological polar surface area (TPSA) is 78.4 Å². The molecule has 0 bridgehead atoms. The molecule has 0 spiro atoms. The summed E-state index contributed by atoms with van der Waals surface area (Å²) in [7, 11) is -3.70. The number of aromatic nitrogens is 2. The SMILES string of the molecule is O=C(c1c[nH]c(=S)n1-c1ccc(F)cc1)N1CCN(S(=O)(=O)c2cccc(Cl)c2)CC1. The molecule has 0 radical (unpaired) electrons. The van der Waals surface area contributed by atoms with E-state index in [1.807, 2.05) is 0 Å². The molecule has 1 aliphatic rings. The largest absolute Gasteiger partial charge is 0.336 e. The number of carbonyl (C=O) groups excluding carboxylic acids is 1. The maximum Gasteiger partial charge on any atom is 0.272 e. The lowest BCUT2D eigenvalue weighted by Crippen LogP contribution is -2.50. The van der Waals surface area contributed by atoms with Crippen molar-refractivity contribution in [1.82, 2.24) is 18.8 Å². The highest BCUT2D eigenvalue weighted by atomic mass is 35.5. The molecule has 0 atom stereocenters. The van der Waals surface area contributed by atoms with Gasteiger partial charge >= 0.3 is 0 Å². The number of imidazole rings is 1. The fraction of sp³-hybridized carbons (Fsp3) is 0.200. The third kappa shape index (κ3) is 4.29. The molecule has 4 rings (SSSR count). The molecule has 1 N–H and O–H groups in total. The summed E-state index contributed by atoms with van der Waals surface area (Å²) in [5.74, 6) is -0.688. The van der Waals surface area contributed by atoms with Gasteiger partial charge in [-0.1, -0.05) is 17.7 Å². The second-order valence-electron chi connectivity index (χ2n) is 6.94. The number of H-pyrrole nitrogens is 1. The smallest absolute Gasteiger partial charge is 0.272 e. The number of aromatic amines is 1. The van der Waals surface area contributed by atoms with Gasteiger partial charge in [0.25, 0.3) is 5.91 Å². The fourth-order valence-corrected chi connectivity index (χ4v) is 5.43. The first kappa shape index (κ1) is 21.7. The number of amides is 1. The third-order valence-electron chi connectivity index (χ3n) is 5.04. The molecule has 1 aromatic heterocycles. The van der Waals surface area contributed by atoms with Crippen LogP contribution < -0.4 is 0 Å². The van der Waals surface area contributed by atoms with Crippen molar-refractivity contribution in [2.24, 2.45) is 0 Å². The van der Waals surface area contributed by atoms with Gasteiger partial charge in [0.15, 0.2) is 4.77 Å². The molecule has 7 nitrogen and oxygen atoms in total. The molecule has 31 heavy (non-hydrogen) atoms. The zero-order chi connectivity index (χ0) is 22.2. The number of piperazine rings is 1. The van der Waals surface area contributed by atoms with Gasteiger partial charge in [0, 0.05) is 43.1 Å². The molecule has 2 heterocycles. The molecule has 162 valence electrons. The highest BCUT2D eigenvalue weighted by molar-refractivity contribution is 7.89. The van der Waals surface area contributed by atoms with E-state index in [0.717, 1.165) is 0 Å². The van der Waals surface area contributed by atoms with E-state index < -0.39 is 15.8 Å². The predicted molar refractivity (Wildman–Crippen MR) is 117 cm³/mol. The number of sulfonamides is 1. The van der Waals surface area contributed by atoms with E-state index in [2.05, 4.69) is 4.98 Å². The van der Waals surface area contributed by atoms with Crippen LogP contribution in [0.3, 0.4) is 0 Å². The van der Waals surface area contributed by atoms with Crippen molar-refractivity contribution in [3.05, 3.63) is 76.0 Å². The van der Waals surface area contributed by atoms with Gasteiger partial charge in [-0.2, -0.15) is 4.31 Å². The Bertz CT molecular complexity index is 1280. The number of benzene rings is 2. The molecule has 3 aromatic rings. The van der Waals surface area contributed by atoms with Crippen LogP contribution in [0.25, 0.3) is 5.69 Å². The Morgan fingerprint density at radius 2 is 1.74 bits per heavy atom. The number of hydrogen-bond donors (Lipinski definition) is 1. The van der Waals surface area contributed by atoms with Gasteiger partial charge in [0.2, 0.25) is 10.0 Å². The van der Waals surface area contributed by atoms with Crippen LogP contribution in [-0.4, -0.2) is 59.3 Å². The lowest BCUT2D eigenvalue weighted by Gasteiger charge is -2.34. The van der Waals surface area contributed by atoms with Gasteiger partial charge in [-0.25, -0.2) is 12.8 Å². The lowest BCUT2D eigenvalue weighted by molar-refractivity contribution is 0.0689. The first-order valence-electron chi connectivity index (χ1n) is 9.39. The average Bonchev–Trinajstić information content (AvgIpc) is 3.15. The molecular formula is C20H18ClFN4O3S2. The van der Waals surface area contributed by atoms with Gasteiger partial charge in [0.05, 0.1) is 4.90 Å². The van der Waals surface area contributed by atoms with E-state index in [1.165, 1.54) is 51.5 Å². The summed E-state index contributed by atoms with van der Waals surface area (Å²) in [6.45, 7) is 0.755. The number of carbonyl (C=O) groups is 1. The van der Waals surface area contributed by atoms with Crippen LogP contribution in [0.15, 0.2) is 59.6 Å². The Balaban J connectivity index is 1.52. The zero-order valence-corrected chi connectivity index (χ0v) is 18.6.